The van der Waals surface area contributed by atoms with Crippen LogP contribution in [0.4, 0.5) is 5.69 Å². The first-order valence-corrected chi connectivity index (χ1v) is 11.7. The van der Waals surface area contributed by atoms with Gasteiger partial charge in [0.05, 0.1) is 31.0 Å². The largest absolute Gasteiger partial charge is 0.493 e. The van der Waals surface area contributed by atoms with Gasteiger partial charge in [-0.15, -0.1) is 0 Å². The first-order chi connectivity index (χ1) is 16.4. The van der Waals surface area contributed by atoms with E-state index in [1.54, 1.807) is 34.1 Å². The van der Waals surface area contributed by atoms with Gasteiger partial charge in [0.15, 0.2) is 11.5 Å². The Morgan fingerprint density at radius 3 is 2.47 bits per heavy atom. The second-order valence-corrected chi connectivity index (χ2v) is 8.86. The van der Waals surface area contributed by atoms with Crippen LogP contribution in [0.25, 0.3) is 0 Å². The number of hydrogen-bond acceptors (Lipinski definition) is 5. The van der Waals surface area contributed by atoms with E-state index in [0.29, 0.717) is 41.3 Å². The summed E-state index contributed by atoms with van der Waals surface area (Å²) in [5, 5.41) is 2.90. The Morgan fingerprint density at radius 2 is 1.76 bits per heavy atom. The molecule has 1 unspecified atom stereocenters. The van der Waals surface area contributed by atoms with Crippen LogP contribution in [0.5, 0.6) is 11.5 Å². The van der Waals surface area contributed by atoms with Crippen LogP contribution in [0.3, 0.4) is 0 Å². The Bertz CT molecular complexity index is 1110. The highest BCUT2D eigenvalue weighted by molar-refractivity contribution is 6.18. The maximum Gasteiger partial charge on any atom is 0.264 e. The molecule has 2 aliphatic rings. The lowest BCUT2D eigenvalue weighted by molar-refractivity contribution is -0.121. The van der Waals surface area contributed by atoms with Crippen molar-refractivity contribution in [3.05, 3.63) is 53.1 Å². The molecule has 0 saturated heterocycles. The molecule has 0 aromatic heterocycles. The number of benzene rings is 2. The topological polar surface area (TPSA) is 88.2 Å². The van der Waals surface area contributed by atoms with E-state index >= 15 is 0 Å². The minimum Gasteiger partial charge on any atom is -0.493 e. The molecule has 0 bridgehead atoms. The Kier molecular flexibility index (Phi) is 6.77. The summed E-state index contributed by atoms with van der Waals surface area (Å²) in [5.41, 5.74) is 2.25. The van der Waals surface area contributed by atoms with Crippen LogP contribution >= 0.6 is 0 Å². The van der Waals surface area contributed by atoms with Crippen LogP contribution in [-0.4, -0.2) is 49.4 Å². The van der Waals surface area contributed by atoms with Crippen molar-refractivity contribution in [3.63, 3.8) is 0 Å². The van der Waals surface area contributed by atoms with Gasteiger partial charge >= 0.3 is 0 Å². The molecule has 34 heavy (non-hydrogen) atoms. The van der Waals surface area contributed by atoms with Gasteiger partial charge in [-0.3, -0.25) is 19.3 Å². The number of hydrogen-bond donors (Lipinski definition) is 1. The van der Waals surface area contributed by atoms with Gasteiger partial charge in [-0.1, -0.05) is 24.6 Å². The zero-order valence-corrected chi connectivity index (χ0v) is 20.1. The maximum absolute atomic E-state index is 13.6. The Hall–Kier alpha value is -3.55. The lowest BCUT2D eigenvalue weighted by Crippen LogP contribution is -2.48. The molecule has 4 rings (SSSR count). The number of carbonyl (C=O) groups excluding carboxylic acids is 3. The van der Waals surface area contributed by atoms with Crippen LogP contribution < -0.4 is 19.7 Å². The summed E-state index contributed by atoms with van der Waals surface area (Å²) < 4.78 is 11.0. The third kappa shape index (κ3) is 4.08. The van der Waals surface area contributed by atoms with E-state index in [-0.39, 0.29) is 23.8 Å². The summed E-state index contributed by atoms with van der Waals surface area (Å²) in [4.78, 5) is 42.5. The molecule has 0 saturated carbocycles. The number of ether oxygens (including phenoxy) is 2. The number of rotatable bonds is 9. The highest BCUT2D eigenvalue weighted by Gasteiger charge is 2.49. The van der Waals surface area contributed by atoms with Crippen molar-refractivity contribution < 1.29 is 23.9 Å². The highest BCUT2D eigenvalue weighted by atomic mass is 16.5. The number of fused-ring (bicyclic) bond motifs is 5. The summed E-state index contributed by atoms with van der Waals surface area (Å²) in [6.07, 6.45) is 2.18. The van der Waals surface area contributed by atoms with Gasteiger partial charge in [-0.25, -0.2) is 0 Å². The predicted octanol–water partition coefficient (Wildman–Crippen LogP) is 3.90. The summed E-state index contributed by atoms with van der Waals surface area (Å²) in [6, 6.07) is 10.9. The summed E-state index contributed by atoms with van der Waals surface area (Å²) in [5.74, 6) is 0.567. The minimum atomic E-state index is -0.547. The number of amides is 3. The van der Waals surface area contributed by atoms with Crippen LogP contribution in [0.1, 0.15) is 72.0 Å². The van der Waals surface area contributed by atoms with Gasteiger partial charge < -0.3 is 19.7 Å². The first kappa shape index (κ1) is 23.6. The highest BCUT2D eigenvalue weighted by Crippen LogP contribution is 2.49. The van der Waals surface area contributed by atoms with Gasteiger partial charge in [0.1, 0.15) is 6.17 Å². The molecule has 2 aromatic rings. The predicted molar refractivity (Wildman–Crippen MR) is 128 cm³/mol. The molecule has 0 fully saturated rings. The van der Waals surface area contributed by atoms with Crippen LogP contribution in [0.15, 0.2) is 36.4 Å². The standard InChI is InChI=1S/C26H31N3O5/c1-16(2)27-21(30)12-6-5-9-15-28-24-18-13-14-20(33-3)23(34-4)22(18)26(32)29(24)19-11-8-7-10-17(19)25(28)31/h7-8,10-11,13-14,16,24H,5-6,9,12,15H2,1-4H3,(H,27,30). The number of unbranched alkanes of at least 4 members (excludes halogenated alkanes) is 2. The molecule has 1 N–H and O–H groups in total. The van der Waals surface area contributed by atoms with Crippen molar-refractivity contribution in [1.82, 2.24) is 10.2 Å². The van der Waals surface area contributed by atoms with E-state index in [4.69, 9.17) is 9.47 Å². The van der Waals surface area contributed by atoms with Crippen LogP contribution in [0.2, 0.25) is 0 Å². The van der Waals surface area contributed by atoms with Gasteiger partial charge in [0, 0.05) is 24.6 Å². The number of carbonyl (C=O) groups is 3. The number of anilines is 1. The molecule has 2 aliphatic heterocycles. The number of nitrogens with one attached hydrogen (secondary N) is 1. The minimum absolute atomic E-state index is 0.0421. The SMILES string of the molecule is COc1ccc2c(c1OC)C(=O)N1c3ccccc3C(=O)N(CCCCCC(=O)NC(C)C)C21. The number of methoxy groups -OCH3 is 2. The molecule has 1 atom stereocenters. The quantitative estimate of drug-likeness (QED) is 0.568. The monoisotopic (exact) mass is 465 g/mol. The zero-order chi connectivity index (χ0) is 24.4. The third-order valence-electron chi connectivity index (χ3n) is 6.24. The van der Waals surface area contributed by atoms with Crippen molar-refractivity contribution in [2.24, 2.45) is 0 Å². The Labute approximate surface area is 199 Å². The van der Waals surface area contributed by atoms with E-state index in [1.165, 1.54) is 14.2 Å². The molecule has 8 heteroatoms. The fourth-order valence-corrected chi connectivity index (χ4v) is 4.79. The molecule has 180 valence electrons. The van der Waals surface area contributed by atoms with Crippen molar-refractivity contribution in [2.75, 3.05) is 25.7 Å². The molecule has 0 radical (unpaired) electrons. The van der Waals surface area contributed by atoms with Crippen LogP contribution in [0, 0.1) is 0 Å². The molecule has 2 heterocycles. The molecular weight excluding hydrogens is 434 g/mol. The molecule has 2 aromatic carbocycles. The summed E-state index contributed by atoms with van der Waals surface area (Å²) in [7, 11) is 3.04. The first-order valence-electron chi connectivity index (χ1n) is 11.7. The normalized spacial score (nSPS) is 16.3. The average molecular weight is 466 g/mol. The fourth-order valence-electron chi connectivity index (χ4n) is 4.79. The van der Waals surface area contributed by atoms with E-state index in [0.717, 1.165) is 24.8 Å². The van der Waals surface area contributed by atoms with Gasteiger partial charge in [0.2, 0.25) is 5.91 Å². The maximum atomic E-state index is 13.6. The second kappa shape index (κ2) is 9.75. The van der Waals surface area contributed by atoms with Crippen molar-refractivity contribution in [2.45, 2.75) is 51.7 Å². The number of para-hydroxylation sites is 1. The Balaban J connectivity index is 1.61. The zero-order valence-electron chi connectivity index (χ0n) is 20.1. The third-order valence-corrected chi connectivity index (χ3v) is 6.24. The van der Waals surface area contributed by atoms with Crippen LogP contribution in [-0.2, 0) is 4.79 Å². The van der Waals surface area contributed by atoms with E-state index < -0.39 is 6.17 Å². The second-order valence-electron chi connectivity index (χ2n) is 8.86. The van der Waals surface area contributed by atoms with Gasteiger partial charge in [-0.05, 0) is 44.9 Å². The van der Waals surface area contributed by atoms with E-state index in [9.17, 15) is 14.4 Å². The fraction of sp³-hybridized carbons (Fsp3) is 0.423. The summed E-state index contributed by atoms with van der Waals surface area (Å²) in [6.45, 7) is 4.35. The molecule has 0 aliphatic carbocycles. The molecule has 8 nitrogen and oxygen atoms in total. The lowest BCUT2D eigenvalue weighted by Gasteiger charge is -2.41. The molecule has 0 spiro atoms. The number of nitrogens with zero attached hydrogens (tertiary/aromatic N) is 2. The van der Waals surface area contributed by atoms with Crippen molar-refractivity contribution in [3.8, 4) is 11.5 Å². The Morgan fingerprint density at radius 1 is 1.00 bits per heavy atom. The van der Waals surface area contributed by atoms with Crippen molar-refractivity contribution >= 4 is 23.4 Å². The average Bonchev–Trinajstić information content (AvgIpc) is 3.12. The van der Waals surface area contributed by atoms with Gasteiger partial charge in [-0.2, -0.15) is 0 Å². The lowest BCUT2D eigenvalue weighted by atomic mass is 10.0. The van der Waals surface area contributed by atoms with E-state index in [1.807, 2.05) is 26.0 Å². The van der Waals surface area contributed by atoms with Crippen molar-refractivity contribution in [1.29, 1.82) is 0 Å². The molecule has 3 amide bonds. The molecular formula is C26H31N3O5. The smallest absolute Gasteiger partial charge is 0.264 e. The summed E-state index contributed by atoms with van der Waals surface area (Å²) >= 11 is 0. The van der Waals surface area contributed by atoms with Gasteiger partial charge in [0.25, 0.3) is 11.8 Å². The van der Waals surface area contributed by atoms with E-state index in [2.05, 4.69) is 5.32 Å².